The van der Waals surface area contributed by atoms with Gasteiger partial charge in [0.25, 0.3) is 0 Å². The van der Waals surface area contributed by atoms with Crippen molar-refractivity contribution in [1.82, 2.24) is 9.38 Å². The summed E-state index contributed by atoms with van der Waals surface area (Å²) < 4.78 is 34.9. The number of anilines is 2. The third kappa shape index (κ3) is 5.65. The number of halogens is 1. The lowest BCUT2D eigenvalue weighted by atomic mass is 9.95. The number of fused-ring (bicyclic) bond motifs is 1. The van der Waals surface area contributed by atoms with E-state index in [2.05, 4.69) is 26.6 Å². The predicted molar refractivity (Wildman–Crippen MR) is 147 cm³/mol. The number of nitrogens with zero attached hydrogens (tertiary/aromatic N) is 2. The molecule has 1 amide bonds. The number of pyridine rings is 1. The number of rotatable bonds is 7. The second kappa shape index (κ2) is 10.5. The highest BCUT2D eigenvalue weighted by Gasteiger charge is 2.24. The van der Waals surface area contributed by atoms with E-state index in [1.165, 1.54) is 50.5 Å². The molecule has 0 bridgehead atoms. The molecule has 2 aromatic carbocycles. The van der Waals surface area contributed by atoms with Crippen molar-refractivity contribution in [3.8, 4) is 17.0 Å². The van der Waals surface area contributed by atoms with Crippen molar-refractivity contribution >= 4 is 49.1 Å². The molecule has 10 heteroatoms. The van der Waals surface area contributed by atoms with Crippen LogP contribution < -0.4 is 14.8 Å². The summed E-state index contributed by atoms with van der Waals surface area (Å²) in [6.45, 7) is 1.39. The second-order valence-electron chi connectivity index (χ2n) is 9.10. The van der Waals surface area contributed by atoms with Crippen LogP contribution in [0.4, 0.5) is 11.5 Å². The maximum atomic E-state index is 13.2. The SMILES string of the molecule is CC(=O)Nc1ccc(S(=O)(=O)Oc2ccccc2-c2nc3ccc(Br)cn3c2NC2CCCCC2)cc1. The molecule has 1 aliphatic rings. The maximum absolute atomic E-state index is 13.2. The molecule has 1 aliphatic carbocycles. The zero-order chi connectivity index (χ0) is 26.0. The van der Waals surface area contributed by atoms with E-state index in [9.17, 15) is 13.2 Å². The summed E-state index contributed by atoms with van der Waals surface area (Å²) in [4.78, 5) is 16.1. The first-order valence-corrected chi connectivity index (χ1v) is 14.4. The van der Waals surface area contributed by atoms with Gasteiger partial charge in [-0.05, 0) is 77.3 Å². The van der Waals surface area contributed by atoms with Gasteiger partial charge in [-0.25, -0.2) is 4.98 Å². The van der Waals surface area contributed by atoms with Crippen LogP contribution in [0.15, 0.2) is 76.2 Å². The molecule has 2 aromatic heterocycles. The van der Waals surface area contributed by atoms with Crippen molar-refractivity contribution in [2.24, 2.45) is 0 Å². The van der Waals surface area contributed by atoms with E-state index in [0.717, 1.165) is 28.8 Å². The van der Waals surface area contributed by atoms with Gasteiger partial charge >= 0.3 is 10.1 Å². The van der Waals surface area contributed by atoms with Crippen molar-refractivity contribution in [3.63, 3.8) is 0 Å². The smallest absolute Gasteiger partial charge is 0.339 e. The van der Waals surface area contributed by atoms with Crippen LogP contribution in [0.3, 0.4) is 0 Å². The molecule has 4 aromatic rings. The van der Waals surface area contributed by atoms with Gasteiger partial charge in [-0.3, -0.25) is 9.20 Å². The van der Waals surface area contributed by atoms with Gasteiger partial charge in [-0.15, -0.1) is 0 Å². The van der Waals surface area contributed by atoms with Crippen LogP contribution in [-0.2, 0) is 14.9 Å². The van der Waals surface area contributed by atoms with Gasteiger partial charge in [0.05, 0.1) is 0 Å². The van der Waals surface area contributed by atoms with E-state index in [0.29, 0.717) is 23.0 Å². The van der Waals surface area contributed by atoms with Crippen LogP contribution in [-0.4, -0.2) is 29.8 Å². The van der Waals surface area contributed by atoms with Crippen LogP contribution in [0.2, 0.25) is 0 Å². The van der Waals surface area contributed by atoms with Crippen molar-refractivity contribution < 1.29 is 17.4 Å². The summed E-state index contributed by atoms with van der Waals surface area (Å²) in [5.41, 5.74) is 2.43. The lowest BCUT2D eigenvalue weighted by molar-refractivity contribution is -0.114. The molecule has 0 spiro atoms. The first kappa shape index (κ1) is 25.3. The van der Waals surface area contributed by atoms with Gasteiger partial charge in [0, 0.05) is 34.9 Å². The topological polar surface area (TPSA) is 102 Å². The molecule has 2 N–H and O–H groups in total. The van der Waals surface area contributed by atoms with E-state index in [-0.39, 0.29) is 16.6 Å². The fraction of sp³-hybridized carbons (Fsp3) is 0.259. The Balaban J connectivity index is 1.53. The van der Waals surface area contributed by atoms with Gasteiger partial charge in [-0.1, -0.05) is 31.4 Å². The monoisotopic (exact) mass is 582 g/mol. The van der Waals surface area contributed by atoms with Crippen LogP contribution in [0.25, 0.3) is 16.9 Å². The number of hydrogen-bond acceptors (Lipinski definition) is 6. The lowest BCUT2D eigenvalue weighted by Crippen LogP contribution is -2.23. The second-order valence-corrected chi connectivity index (χ2v) is 11.6. The molecule has 0 aliphatic heterocycles. The lowest BCUT2D eigenvalue weighted by Gasteiger charge is -2.24. The Morgan fingerprint density at radius 1 is 1.03 bits per heavy atom. The third-order valence-corrected chi connectivity index (χ3v) is 8.05. The molecule has 0 saturated heterocycles. The van der Waals surface area contributed by atoms with E-state index in [1.54, 1.807) is 12.1 Å². The van der Waals surface area contributed by atoms with Crippen molar-refractivity contribution in [2.45, 2.75) is 50.0 Å². The number of aromatic nitrogens is 2. The van der Waals surface area contributed by atoms with Gasteiger partial charge < -0.3 is 14.8 Å². The standard InChI is InChI=1S/C27H27BrN4O4S/c1-18(33)29-21-12-14-22(15-13-21)37(34,35)36-24-10-6-5-9-23(24)26-27(30-20-7-3-2-4-8-20)32-17-19(28)11-16-25(32)31-26/h5-6,9-17,20,30H,2-4,7-8H2,1H3,(H,29,33). The fourth-order valence-electron chi connectivity index (χ4n) is 4.59. The number of amides is 1. The average Bonchev–Trinajstić information content (AvgIpc) is 3.22. The first-order valence-electron chi connectivity index (χ1n) is 12.2. The highest BCUT2D eigenvalue weighted by Crippen LogP contribution is 2.38. The molecule has 0 unspecified atom stereocenters. The Morgan fingerprint density at radius 3 is 2.49 bits per heavy atom. The summed E-state index contributed by atoms with van der Waals surface area (Å²) in [6.07, 6.45) is 7.68. The number of para-hydroxylation sites is 1. The minimum atomic E-state index is -4.14. The van der Waals surface area contributed by atoms with Crippen LogP contribution in [0.5, 0.6) is 5.75 Å². The largest absolute Gasteiger partial charge is 0.378 e. The molecular weight excluding hydrogens is 556 g/mol. The quantitative estimate of drug-likeness (QED) is 0.250. The molecule has 1 saturated carbocycles. The zero-order valence-corrected chi connectivity index (χ0v) is 22.7. The van der Waals surface area contributed by atoms with Gasteiger partial charge in [0.15, 0.2) is 5.75 Å². The Morgan fingerprint density at radius 2 is 1.76 bits per heavy atom. The first-order chi connectivity index (χ1) is 17.8. The van der Waals surface area contributed by atoms with Crippen LogP contribution in [0.1, 0.15) is 39.0 Å². The van der Waals surface area contributed by atoms with Crippen LogP contribution >= 0.6 is 15.9 Å². The molecule has 0 radical (unpaired) electrons. The molecule has 0 atom stereocenters. The van der Waals surface area contributed by atoms with Gasteiger partial charge in [0.2, 0.25) is 5.91 Å². The summed E-state index contributed by atoms with van der Waals surface area (Å²) >= 11 is 3.55. The average molecular weight is 584 g/mol. The normalized spacial score (nSPS) is 14.4. The van der Waals surface area contributed by atoms with E-state index in [4.69, 9.17) is 9.17 Å². The number of nitrogens with one attached hydrogen (secondary N) is 2. The van der Waals surface area contributed by atoms with Gasteiger partial charge in [0.1, 0.15) is 22.1 Å². The van der Waals surface area contributed by atoms with Crippen molar-refractivity contribution in [1.29, 1.82) is 0 Å². The predicted octanol–water partition coefficient (Wildman–Crippen LogP) is 6.23. The number of hydrogen-bond donors (Lipinski definition) is 2. The molecule has 2 heterocycles. The Kier molecular flexibility index (Phi) is 7.21. The molecule has 37 heavy (non-hydrogen) atoms. The molecule has 8 nitrogen and oxygen atoms in total. The Bertz CT molecular complexity index is 1540. The maximum Gasteiger partial charge on any atom is 0.339 e. The highest BCUT2D eigenvalue weighted by atomic mass is 79.9. The molecule has 192 valence electrons. The fourth-order valence-corrected chi connectivity index (χ4v) is 5.88. The van der Waals surface area contributed by atoms with Crippen molar-refractivity contribution in [3.05, 3.63) is 71.3 Å². The van der Waals surface area contributed by atoms with Gasteiger partial charge in [-0.2, -0.15) is 8.42 Å². The minimum Gasteiger partial charge on any atom is -0.378 e. The van der Waals surface area contributed by atoms with Crippen molar-refractivity contribution in [2.75, 3.05) is 10.6 Å². The number of imidazole rings is 1. The summed E-state index contributed by atoms with van der Waals surface area (Å²) in [5.74, 6) is 0.747. The molecule has 5 rings (SSSR count). The number of benzene rings is 2. The van der Waals surface area contributed by atoms with E-state index in [1.807, 2.05) is 34.9 Å². The molecular formula is C27H27BrN4O4S. The summed E-state index contributed by atoms with van der Waals surface area (Å²) in [7, 11) is -4.14. The summed E-state index contributed by atoms with van der Waals surface area (Å²) in [5, 5.41) is 6.31. The highest BCUT2D eigenvalue weighted by molar-refractivity contribution is 9.10. The Hall–Kier alpha value is -3.37. The van der Waals surface area contributed by atoms with E-state index < -0.39 is 10.1 Å². The third-order valence-electron chi connectivity index (χ3n) is 6.33. The number of carbonyl (C=O) groups is 1. The minimum absolute atomic E-state index is 0.0177. The number of carbonyl (C=O) groups excluding carboxylic acids is 1. The van der Waals surface area contributed by atoms with Crippen LogP contribution in [0, 0.1) is 0 Å². The Labute approximate surface area is 224 Å². The molecule has 1 fully saturated rings. The summed E-state index contributed by atoms with van der Waals surface area (Å²) in [6, 6.07) is 17.0. The zero-order valence-electron chi connectivity index (χ0n) is 20.3. The van der Waals surface area contributed by atoms with E-state index >= 15 is 0 Å².